The zero-order valence-electron chi connectivity index (χ0n) is 10.6. The molecule has 1 heterocycles. The molecule has 102 valence electrons. The highest BCUT2D eigenvalue weighted by Gasteiger charge is 2.12. The van der Waals surface area contributed by atoms with Gasteiger partial charge in [-0.25, -0.2) is 4.79 Å². The van der Waals surface area contributed by atoms with Gasteiger partial charge in [-0.05, 0) is 25.1 Å². The topological polar surface area (TPSA) is 99.5 Å². The molecule has 0 fully saturated rings. The van der Waals surface area contributed by atoms with Gasteiger partial charge >= 0.3 is 5.97 Å². The van der Waals surface area contributed by atoms with E-state index >= 15 is 0 Å². The van der Waals surface area contributed by atoms with Gasteiger partial charge in [0.1, 0.15) is 5.75 Å². The largest absolute Gasteiger partial charge is 0.507 e. The molecule has 3 N–H and O–H groups in total. The van der Waals surface area contributed by atoms with Crippen molar-refractivity contribution in [3.05, 3.63) is 53.3 Å². The fourth-order valence-electron chi connectivity index (χ4n) is 1.66. The number of carboxylic acids is 1. The number of phenolic OH excluding ortho intramolecular Hbond substituents is 1. The van der Waals surface area contributed by atoms with Gasteiger partial charge in [0, 0.05) is 6.20 Å². The Kier molecular flexibility index (Phi) is 3.65. The van der Waals surface area contributed by atoms with Crippen LogP contribution in [0.25, 0.3) is 0 Å². The lowest BCUT2D eigenvalue weighted by molar-refractivity contribution is 0.0696. The van der Waals surface area contributed by atoms with Crippen molar-refractivity contribution in [2.75, 3.05) is 5.32 Å². The number of rotatable bonds is 3. The Bertz CT molecular complexity index is 683. The number of aromatic carboxylic acids is 1. The van der Waals surface area contributed by atoms with E-state index in [-0.39, 0.29) is 22.6 Å². The van der Waals surface area contributed by atoms with Crippen LogP contribution in [0.4, 0.5) is 5.69 Å². The number of nitrogens with zero attached hydrogens (tertiary/aromatic N) is 1. The maximum absolute atomic E-state index is 12.0. The monoisotopic (exact) mass is 272 g/mol. The molecule has 0 unspecified atom stereocenters. The van der Waals surface area contributed by atoms with Gasteiger partial charge in [-0.2, -0.15) is 0 Å². The first-order chi connectivity index (χ1) is 9.47. The van der Waals surface area contributed by atoms with Crippen LogP contribution in [-0.2, 0) is 0 Å². The third-order valence-corrected chi connectivity index (χ3v) is 2.64. The number of aromatic nitrogens is 1. The summed E-state index contributed by atoms with van der Waals surface area (Å²) in [6, 6.07) is 5.94. The number of carbonyl (C=O) groups excluding carboxylic acids is 1. The van der Waals surface area contributed by atoms with Crippen LogP contribution in [0.5, 0.6) is 5.75 Å². The van der Waals surface area contributed by atoms with E-state index in [2.05, 4.69) is 10.3 Å². The predicted molar refractivity (Wildman–Crippen MR) is 72.0 cm³/mol. The van der Waals surface area contributed by atoms with Gasteiger partial charge in [-0.1, -0.05) is 11.6 Å². The molecule has 1 amide bonds. The highest BCUT2D eigenvalue weighted by molar-refractivity contribution is 6.06. The molecule has 1 aromatic carbocycles. The number of benzene rings is 1. The molecule has 0 spiro atoms. The predicted octanol–water partition coefficient (Wildman–Crippen LogP) is 2.05. The minimum atomic E-state index is -1.13. The average Bonchev–Trinajstić information content (AvgIpc) is 2.41. The first-order valence-electron chi connectivity index (χ1n) is 5.76. The number of pyridine rings is 1. The van der Waals surface area contributed by atoms with Crippen LogP contribution in [0.1, 0.15) is 26.3 Å². The molecule has 0 bridgehead atoms. The van der Waals surface area contributed by atoms with E-state index in [1.807, 2.05) is 0 Å². The first kappa shape index (κ1) is 13.5. The molecule has 0 aliphatic heterocycles. The fraction of sp³-hybridized carbons (Fsp3) is 0.0714. The van der Waals surface area contributed by atoms with Crippen LogP contribution in [0.2, 0.25) is 0 Å². The summed E-state index contributed by atoms with van der Waals surface area (Å²) in [6.07, 6.45) is 2.51. The van der Waals surface area contributed by atoms with Crippen LogP contribution >= 0.6 is 0 Å². The Hall–Kier alpha value is -2.89. The summed E-state index contributed by atoms with van der Waals surface area (Å²) in [5.41, 5.74) is 1.16. The van der Waals surface area contributed by atoms with Crippen molar-refractivity contribution in [1.29, 1.82) is 0 Å². The summed E-state index contributed by atoms with van der Waals surface area (Å²) in [6.45, 7) is 1.79. The van der Waals surface area contributed by atoms with E-state index in [1.165, 1.54) is 24.5 Å². The molecule has 20 heavy (non-hydrogen) atoms. The van der Waals surface area contributed by atoms with E-state index in [4.69, 9.17) is 5.11 Å². The standard InChI is InChI=1S/C14H12N2O4/c1-8-2-3-12(17)11(4-8)13(18)16-10-5-9(14(19)20)6-15-7-10/h2-7,17H,1H3,(H,16,18)(H,19,20). The Labute approximate surface area is 114 Å². The van der Waals surface area contributed by atoms with Crippen molar-refractivity contribution in [2.45, 2.75) is 6.92 Å². The number of amides is 1. The van der Waals surface area contributed by atoms with Gasteiger partial charge < -0.3 is 15.5 Å². The molecule has 0 saturated heterocycles. The van der Waals surface area contributed by atoms with Gasteiger partial charge in [0.05, 0.1) is 23.0 Å². The van der Waals surface area contributed by atoms with Crippen molar-refractivity contribution < 1.29 is 19.8 Å². The second-order valence-electron chi connectivity index (χ2n) is 4.24. The van der Waals surface area contributed by atoms with Gasteiger partial charge in [-0.3, -0.25) is 9.78 Å². The molecule has 1 aromatic heterocycles. The van der Waals surface area contributed by atoms with E-state index in [9.17, 15) is 14.7 Å². The number of nitrogens with one attached hydrogen (secondary N) is 1. The minimum Gasteiger partial charge on any atom is -0.507 e. The SMILES string of the molecule is Cc1ccc(O)c(C(=O)Nc2cncc(C(=O)O)c2)c1. The molecule has 2 rings (SSSR count). The van der Waals surface area contributed by atoms with Gasteiger partial charge in [0.15, 0.2) is 0 Å². The molecule has 2 aromatic rings. The number of anilines is 1. The third-order valence-electron chi connectivity index (χ3n) is 2.64. The molecule has 0 atom stereocenters. The van der Waals surface area contributed by atoms with Crippen LogP contribution in [-0.4, -0.2) is 27.1 Å². The summed E-state index contributed by atoms with van der Waals surface area (Å²) in [5, 5.41) is 21.0. The quantitative estimate of drug-likeness (QED) is 0.794. The van der Waals surface area contributed by atoms with Crippen LogP contribution in [0.3, 0.4) is 0 Å². The molecular formula is C14H12N2O4. The zero-order valence-corrected chi connectivity index (χ0v) is 10.6. The number of aromatic hydroxyl groups is 1. The van der Waals surface area contributed by atoms with Crippen LogP contribution < -0.4 is 5.32 Å². The number of carbonyl (C=O) groups is 2. The maximum Gasteiger partial charge on any atom is 0.337 e. The second-order valence-corrected chi connectivity index (χ2v) is 4.24. The van der Waals surface area contributed by atoms with Crippen molar-refractivity contribution >= 4 is 17.6 Å². The summed E-state index contributed by atoms with van der Waals surface area (Å²) in [4.78, 5) is 26.6. The van der Waals surface area contributed by atoms with E-state index in [0.717, 1.165) is 5.56 Å². The third kappa shape index (κ3) is 2.92. The van der Waals surface area contributed by atoms with E-state index in [0.29, 0.717) is 0 Å². The molecule has 6 heteroatoms. The number of carboxylic acid groups (broad SMARTS) is 1. The summed E-state index contributed by atoms with van der Waals surface area (Å²) in [7, 11) is 0. The van der Waals surface area contributed by atoms with Crippen molar-refractivity contribution in [2.24, 2.45) is 0 Å². The Morgan fingerprint density at radius 1 is 1.20 bits per heavy atom. The molecular weight excluding hydrogens is 260 g/mol. The smallest absolute Gasteiger partial charge is 0.337 e. The van der Waals surface area contributed by atoms with Crippen LogP contribution in [0.15, 0.2) is 36.7 Å². The summed E-state index contributed by atoms with van der Waals surface area (Å²) >= 11 is 0. The van der Waals surface area contributed by atoms with E-state index in [1.54, 1.807) is 19.1 Å². The summed E-state index contributed by atoms with van der Waals surface area (Å²) < 4.78 is 0. The number of aryl methyl sites for hydroxylation is 1. The van der Waals surface area contributed by atoms with E-state index < -0.39 is 11.9 Å². The second kappa shape index (κ2) is 5.40. The number of phenols is 1. The highest BCUT2D eigenvalue weighted by Crippen LogP contribution is 2.20. The maximum atomic E-state index is 12.0. The Morgan fingerprint density at radius 3 is 2.65 bits per heavy atom. The fourth-order valence-corrected chi connectivity index (χ4v) is 1.66. The highest BCUT2D eigenvalue weighted by atomic mass is 16.4. The lowest BCUT2D eigenvalue weighted by Gasteiger charge is -2.07. The molecule has 6 nitrogen and oxygen atoms in total. The first-order valence-corrected chi connectivity index (χ1v) is 5.76. The zero-order chi connectivity index (χ0) is 14.7. The number of hydrogen-bond donors (Lipinski definition) is 3. The molecule has 0 aliphatic rings. The van der Waals surface area contributed by atoms with Crippen LogP contribution in [0, 0.1) is 6.92 Å². The van der Waals surface area contributed by atoms with Crippen molar-refractivity contribution in [3.8, 4) is 5.75 Å². The average molecular weight is 272 g/mol. The van der Waals surface area contributed by atoms with Gasteiger partial charge in [0.25, 0.3) is 5.91 Å². The number of hydrogen-bond acceptors (Lipinski definition) is 4. The molecule has 0 radical (unpaired) electrons. The minimum absolute atomic E-state index is 0.0312. The molecule has 0 saturated carbocycles. The Balaban J connectivity index is 2.25. The Morgan fingerprint density at radius 2 is 1.95 bits per heavy atom. The van der Waals surface area contributed by atoms with Gasteiger partial charge in [0.2, 0.25) is 0 Å². The lowest BCUT2D eigenvalue weighted by atomic mass is 10.1. The molecule has 0 aliphatic carbocycles. The summed E-state index contributed by atoms with van der Waals surface area (Å²) in [5.74, 6) is -1.81. The van der Waals surface area contributed by atoms with Crippen molar-refractivity contribution in [3.63, 3.8) is 0 Å². The lowest BCUT2D eigenvalue weighted by Crippen LogP contribution is -2.13. The normalized spacial score (nSPS) is 10.1. The van der Waals surface area contributed by atoms with Crippen molar-refractivity contribution in [1.82, 2.24) is 4.98 Å². The van der Waals surface area contributed by atoms with Gasteiger partial charge in [-0.15, -0.1) is 0 Å².